The average Bonchev–Trinajstić information content (AvgIpc) is 2.82. The zero-order chi connectivity index (χ0) is 13.3. The van der Waals surface area contributed by atoms with Crippen LogP contribution in [0.1, 0.15) is 34.7 Å². The predicted molar refractivity (Wildman–Crippen MR) is 79.2 cm³/mol. The van der Waals surface area contributed by atoms with Gasteiger partial charge in [-0.1, -0.05) is 6.07 Å². The molecule has 0 fully saturated rings. The Morgan fingerprint density at radius 2 is 1.78 bits per heavy atom. The van der Waals surface area contributed by atoms with Gasteiger partial charge in [-0.05, 0) is 57.5 Å². The molecule has 1 heterocycles. The largest absolute Gasteiger partial charge is 0.311 e. The van der Waals surface area contributed by atoms with Crippen LogP contribution in [-0.4, -0.2) is 12.0 Å². The number of hydrogen-bond acceptors (Lipinski definition) is 3. The average molecular weight is 260 g/mol. The lowest BCUT2D eigenvalue weighted by molar-refractivity contribution is 0.648. The van der Waals surface area contributed by atoms with Gasteiger partial charge in [0.15, 0.2) is 0 Å². The maximum absolute atomic E-state index is 4.74. The zero-order valence-corrected chi connectivity index (χ0v) is 12.5. The van der Waals surface area contributed by atoms with Crippen LogP contribution < -0.4 is 5.32 Å². The summed E-state index contributed by atoms with van der Waals surface area (Å²) in [6.07, 6.45) is 0. The summed E-state index contributed by atoms with van der Waals surface area (Å²) in [5, 5.41) is 6.53. The Kier molecular flexibility index (Phi) is 3.83. The second-order valence-electron chi connectivity index (χ2n) is 4.83. The molecule has 0 amide bonds. The lowest BCUT2D eigenvalue weighted by Gasteiger charge is -2.08. The van der Waals surface area contributed by atoms with Gasteiger partial charge in [0.25, 0.3) is 0 Å². The Morgan fingerprint density at radius 1 is 1.11 bits per heavy atom. The van der Waals surface area contributed by atoms with E-state index in [1.807, 2.05) is 7.05 Å². The first-order chi connectivity index (χ1) is 8.52. The Labute approximate surface area is 113 Å². The predicted octanol–water partition coefficient (Wildman–Crippen LogP) is 4.02. The molecule has 2 aromatic rings. The van der Waals surface area contributed by atoms with Gasteiger partial charge in [-0.2, -0.15) is 0 Å². The molecule has 0 radical (unpaired) electrons. The number of benzene rings is 1. The van der Waals surface area contributed by atoms with E-state index in [9.17, 15) is 0 Å². The van der Waals surface area contributed by atoms with Gasteiger partial charge in [-0.15, -0.1) is 11.3 Å². The standard InChI is InChI=1S/C15H20N2S/c1-9-6-11(3)13(7-10(9)2)14-8-18-15(17-14)12(4)16-5/h6-8,12,16H,1-5H3. The molecule has 2 nitrogen and oxygen atoms in total. The van der Waals surface area contributed by atoms with Gasteiger partial charge < -0.3 is 5.32 Å². The highest BCUT2D eigenvalue weighted by atomic mass is 32.1. The first-order valence-corrected chi connectivity index (χ1v) is 7.11. The molecule has 1 aromatic heterocycles. The van der Waals surface area contributed by atoms with Crippen LogP contribution in [-0.2, 0) is 0 Å². The van der Waals surface area contributed by atoms with Gasteiger partial charge in [0.05, 0.1) is 11.7 Å². The van der Waals surface area contributed by atoms with Crippen LogP contribution in [0.25, 0.3) is 11.3 Å². The minimum absolute atomic E-state index is 0.315. The van der Waals surface area contributed by atoms with Crippen molar-refractivity contribution in [1.29, 1.82) is 0 Å². The van der Waals surface area contributed by atoms with Crippen molar-refractivity contribution in [2.24, 2.45) is 0 Å². The fourth-order valence-electron chi connectivity index (χ4n) is 1.97. The lowest BCUT2D eigenvalue weighted by Crippen LogP contribution is -2.11. The van der Waals surface area contributed by atoms with E-state index in [0.717, 1.165) is 10.7 Å². The summed E-state index contributed by atoms with van der Waals surface area (Å²) in [6.45, 7) is 8.60. The van der Waals surface area contributed by atoms with Crippen molar-refractivity contribution >= 4 is 11.3 Å². The van der Waals surface area contributed by atoms with E-state index >= 15 is 0 Å². The van der Waals surface area contributed by atoms with E-state index in [1.54, 1.807) is 11.3 Å². The maximum atomic E-state index is 4.74. The highest BCUT2D eigenvalue weighted by Crippen LogP contribution is 2.29. The molecule has 96 valence electrons. The van der Waals surface area contributed by atoms with Crippen molar-refractivity contribution in [3.8, 4) is 11.3 Å². The number of aryl methyl sites for hydroxylation is 3. The molecule has 1 aromatic carbocycles. The summed E-state index contributed by atoms with van der Waals surface area (Å²) < 4.78 is 0. The summed E-state index contributed by atoms with van der Waals surface area (Å²) >= 11 is 1.72. The second kappa shape index (κ2) is 5.21. The van der Waals surface area contributed by atoms with E-state index in [2.05, 4.69) is 50.5 Å². The monoisotopic (exact) mass is 260 g/mol. The number of rotatable bonds is 3. The Balaban J connectivity index is 2.43. The maximum Gasteiger partial charge on any atom is 0.110 e. The molecular formula is C15H20N2S. The molecule has 1 unspecified atom stereocenters. The lowest BCUT2D eigenvalue weighted by atomic mass is 9.99. The molecule has 0 saturated heterocycles. The Bertz CT molecular complexity index is 558. The third kappa shape index (κ3) is 2.47. The van der Waals surface area contributed by atoms with Gasteiger partial charge in [-0.3, -0.25) is 0 Å². The topological polar surface area (TPSA) is 24.9 Å². The Hall–Kier alpha value is -1.19. The van der Waals surface area contributed by atoms with Gasteiger partial charge in [0.1, 0.15) is 5.01 Å². The summed E-state index contributed by atoms with van der Waals surface area (Å²) in [6, 6.07) is 4.80. The summed E-state index contributed by atoms with van der Waals surface area (Å²) in [4.78, 5) is 4.74. The van der Waals surface area contributed by atoms with Gasteiger partial charge in [0.2, 0.25) is 0 Å². The van der Waals surface area contributed by atoms with E-state index in [1.165, 1.54) is 22.3 Å². The van der Waals surface area contributed by atoms with E-state index in [4.69, 9.17) is 4.98 Å². The van der Waals surface area contributed by atoms with Crippen molar-refractivity contribution in [2.75, 3.05) is 7.05 Å². The number of nitrogens with one attached hydrogen (secondary N) is 1. The first kappa shape index (κ1) is 13.2. The number of hydrogen-bond donors (Lipinski definition) is 1. The fourth-order valence-corrected chi connectivity index (χ4v) is 2.86. The molecular weight excluding hydrogens is 240 g/mol. The third-order valence-corrected chi connectivity index (χ3v) is 4.47. The van der Waals surface area contributed by atoms with Crippen LogP contribution in [0, 0.1) is 20.8 Å². The van der Waals surface area contributed by atoms with Crippen LogP contribution in [0.5, 0.6) is 0 Å². The van der Waals surface area contributed by atoms with Crippen molar-refractivity contribution in [3.63, 3.8) is 0 Å². The molecule has 1 N–H and O–H groups in total. The minimum atomic E-state index is 0.315. The third-order valence-electron chi connectivity index (χ3n) is 3.44. The summed E-state index contributed by atoms with van der Waals surface area (Å²) in [7, 11) is 1.97. The van der Waals surface area contributed by atoms with Gasteiger partial charge in [0, 0.05) is 10.9 Å². The quantitative estimate of drug-likeness (QED) is 0.901. The van der Waals surface area contributed by atoms with Crippen LogP contribution in [0.3, 0.4) is 0 Å². The molecule has 0 aliphatic rings. The molecule has 0 aliphatic heterocycles. The zero-order valence-electron chi connectivity index (χ0n) is 11.7. The molecule has 0 saturated carbocycles. The van der Waals surface area contributed by atoms with Crippen LogP contribution in [0.4, 0.5) is 0 Å². The van der Waals surface area contributed by atoms with E-state index in [-0.39, 0.29) is 0 Å². The molecule has 0 bridgehead atoms. The normalized spacial score (nSPS) is 12.7. The van der Waals surface area contributed by atoms with Crippen molar-refractivity contribution in [3.05, 3.63) is 39.2 Å². The fraction of sp³-hybridized carbons (Fsp3) is 0.400. The van der Waals surface area contributed by atoms with E-state index in [0.29, 0.717) is 6.04 Å². The highest BCUT2D eigenvalue weighted by molar-refractivity contribution is 7.10. The van der Waals surface area contributed by atoms with Gasteiger partial charge >= 0.3 is 0 Å². The molecule has 3 heteroatoms. The molecule has 1 atom stereocenters. The molecule has 0 aliphatic carbocycles. The number of nitrogens with zero attached hydrogens (tertiary/aromatic N) is 1. The van der Waals surface area contributed by atoms with Crippen LogP contribution in [0.2, 0.25) is 0 Å². The van der Waals surface area contributed by atoms with E-state index < -0.39 is 0 Å². The SMILES string of the molecule is CNC(C)c1nc(-c2cc(C)c(C)cc2C)cs1. The second-order valence-corrected chi connectivity index (χ2v) is 5.72. The van der Waals surface area contributed by atoms with Crippen molar-refractivity contribution in [1.82, 2.24) is 10.3 Å². The molecule has 2 rings (SSSR count). The first-order valence-electron chi connectivity index (χ1n) is 6.24. The van der Waals surface area contributed by atoms with Crippen LogP contribution in [0.15, 0.2) is 17.5 Å². The Morgan fingerprint density at radius 3 is 2.44 bits per heavy atom. The highest BCUT2D eigenvalue weighted by Gasteiger charge is 2.11. The number of aromatic nitrogens is 1. The smallest absolute Gasteiger partial charge is 0.110 e. The van der Waals surface area contributed by atoms with Crippen molar-refractivity contribution in [2.45, 2.75) is 33.7 Å². The summed E-state index contributed by atoms with van der Waals surface area (Å²) in [5.74, 6) is 0. The van der Waals surface area contributed by atoms with Crippen LogP contribution >= 0.6 is 11.3 Å². The molecule has 18 heavy (non-hydrogen) atoms. The minimum Gasteiger partial charge on any atom is -0.311 e. The summed E-state index contributed by atoms with van der Waals surface area (Å²) in [5.41, 5.74) is 6.32. The van der Waals surface area contributed by atoms with Crippen molar-refractivity contribution < 1.29 is 0 Å². The number of thiazole rings is 1. The molecule has 0 spiro atoms. The van der Waals surface area contributed by atoms with Gasteiger partial charge in [-0.25, -0.2) is 4.98 Å².